The number of hydrogen-bond donors (Lipinski definition) is 3. The van der Waals surface area contributed by atoms with E-state index in [1.165, 1.54) is 11.8 Å². The van der Waals surface area contributed by atoms with Crippen LogP contribution < -0.4 is 10.6 Å². The van der Waals surface area contributed by atoms with Gasteiger partial charge in [0.2, 0.25) is 0 Å². The predicted molar refractivity (Wildman–Crippen MR) is 77.3 cm³/mol. The molecule has 0 unspecified atom stereocenters. The zero-order valence-electron chi connectivity index (χ0n) is 11.4. The summed E-state index contributed by atoms with van der Waals surface area (Å²) in [5, 5.41) is 16.1. The van der Waals surface area contributed by atoms with Crippen molar-refractivity contribution in [3.8, 4) is 0 Å². The van der Waals surface area contributed by atoms with Gasteiger partial charge in [-0.1, -0.05) is 25.6 Å². The SMILES string of the molecule is CNc1cc(NCC(C)(C)CCO)nc(SC)n1. The Morgan fingerprint density at radius 1 is 1.33 bits per heavy atom. The number of aromatic nitrogens is 2. The normalized spacial score (nSPS) is 11.4. The summed E-state index contributed by atoms with van der Waals surface area (Å²) in [4.78, 5) is 8.71. The summed E-state index contributed by atoms with van der Waals surface area (Å²) in [6.45, 7) is 5.20. The largest absolute Gasteiger partial charge is 0.396 e. The molecule has 5 nitrogen and oxygen atoms in total. The van der Waals surface area contributed by atoms with E-state index in [0.717, 1.165) is 29.8 Å². The summed E-state index contributed by atoms with van der Waals surface area (Å²) >= 11 is 1.51. The maximum atomic E-state index is 9.00. The second-order valence-corrected chi connectivity index (χ2v) is 5.64. The summed E-state index contributed by atoms with van der Waals surface area (Å²) < 4.78 is 0. The van der Waals surface area contributed by atoms with Gasteiger partial charge in [-0.05, 0) is 18.1 Å². The molecule has 1 aromatic rings. The molecule has 0 bridgehead atoms. The number of aliphatic hydroxyl groups is 1. The van der Waals surface area contributed by atoms with Crippen molar-refractivity contribution in [1.29, 1.82) is 0 Å². The first kappa shape index (κ1) is 15.0. The molecule has 0 saturated carbocycles. The fourth-order valence-electron chi connectivity index (χ4n) is 1.46. The number of aliphatic hydroxyl groups excluding tert-OH is 1. The van der Waals surface area contributed by atoms with Crippen LogP contribution in [0.25, 0.3) is 0 Å². The predicted octanol–water partition coefficient (Wildman–Crippen LogP) is 2.06. The molecule has 102 valence electrons. The van der Waals surface area contributed by atoms with E-state index in [1.807, 2.05) is 19.4 Å². The quantitative estimate of drug-likeness (QED) is 0.520. The Kier molecular flexibility index (Phi) is 5.68. The van der Waals surface area contributed by atoms with Crippen molar-refractivity contribution in [2.24, 2.45) is 5.41 Å². The highest BCUT2D eigenvalue weighted by atomic mass is 32.2. The van der Waals surface area contributed by atoms with E-state index < -0.39 is 0 Å². The van der Waals surface area contributed by atoms with E-state index in [-0.39, 0.29) is 12.0 Å². The molecule has 6 heteroatoms. The second-order valence-electron chi connectivity index (χ2n) is 4.87. The number of rotatable bonds is 7. The Morgan fingerprint density at radius 3 is 2.56 bits per heavy atom. The molecule has 0 aliphatic rings. The average Bonchev–Trinajstić information content (AvgIpc) is 2.36. The van der Waals surface area contributed by atoms with Crippen molar-refractivity contribution in [3.05, 3.63) is 6.07 Å². The first-order chi connectivity index (χ1) is 8.50. The Hall–Kier alpha value is -1.01. The van der Waals surface area contributed by atoms with Gasteiger partial charge < -0.3 is 15.7 Å². The monoisotopic (exact) mass is 270 g/mol. The number of hydrogen-bond acceptors (Lipinski definition) is 6. The number of nitrogens with one attached hydrogen (secondary N) is 2. The minimum atomic E-state index is 0.0407. The van der Waals surface area contributed by atoms with E-state index in [9.17, 15) is 0 Å². The van der Waals surface area contributed by atoms with Gasteiger partial charge in [-0.25, -0.2) is 9.97 Å². The van der Waals surface area contributed by atoms with Crippen LogP contribution in [0.15, 0.2) is 11.2 Å². The molecular formula is C12H22N4OS. The molecule has 1 heterocycles. The van der Waals surface area contributed by atoms with Crippen LogP contribution in [0.4, 0.5) is 11.6 Å². The first-order valence-electron chi connectivity index (χ1n) is 5.96. The highest BCUT2D eigenvalue weighted by molar-refractivity contribution is 7.98. The second kappa shape index (κ2) is 6.80. The maximum absolute atomic E-state index is 9.00. The molecule has 1 aromatic heterocycles. The van der Waals surface area contributed by atoms with Gasteiger partial charge in [-0.2, -0.15) is 0 Å². The molecular weight excluding hydrogens is 248 g/mol. The van der Waals surface area contributed by atoms with Gasteiger partial charge >= 0.3 is 0 Å². The van der Waals surface area contributed by atoms with Crippen LogP contribution >= 0.6 is 11.8 Å². The van der Waals surface area contributed by atoms with Gasteiger partial charge in [-0.3, -0.25) is 0 Å². The lowest BCUT2D eigenvalue weighted by Crippen LogP contribution is -2.24. The minimum Gasteiger partial charge on any atom is -0.396 e. The van der Waals surface area contributed by atoms with Crippen LogP contribution in [0.2, 0.25) is 0 Å². The van der Waals surface area contributed by atoms with E-state index in [1.54, 1.807) is 0 Å². The van der Waals surface area contributed by atoms with Crippen LogP contribution in [0.5, 0.6) is 0 Å². The molecule has 0 radical (unpaired) electrons. The molecule has 0 aliphatic carbocycles. The number of anilines is 2. The summed E-state index contributed by atoms with van der Waals surface area (Å²) in [5.74, 6) is 1.61. The van der Waals surface area contributed by atoms with Crippen LogP contribution in [-0.2, 0) is 0 Å². The zero-order chi connectivity index (χ0) is 13.6. The van der Waals surface area contributed by atoms with Crippen molar-refractivity contribution in [2.45, 2.75) is 25.4 Å². The first-order valence-corrected chi connectivity index (χ1v) is 7.19. The van der Waals surface area contributed by atoms with Gasteiger partial charge in [0.05, 0.1) is 0 Å². The number of thioether (sulfide) groups is 1. The van der Waals surface area contributed by atoms with Crippen molar-refractivity contribution >= 4 is 23.4 Å². The van der Waals surface area contributed by atoms with Crippen molar-refractivity contribution in [2.75, 3.05) is 37.1 Å². The Balaban J connectivity index is 2.72. The van der Waals surface area contributed by atoms with Crippen LogP contribution in [0, 0.1) is 5.41 Å². The molecule has 0 fully saturated rings. The summed E-state index contributed by atoms with van der Waals surface area (Å²) in [7, 11) is 1.84. The fourth-order valence-corrected chi connectivity index (χ4v) is 1.84. The van der Waals surface area contributed by atoms with Gasteiger partial charge in [0, 0.05) is 26.3 Å². The van der Waals surface area contributed by atoms with Gasteiger partial charge in [0.1, 0.15) is 11.6 Å². The molecule has 0 aliphatic heterocycles. The summed E-state index contributed by atoms with van der Waals surface area (Å²) in [5.41, 5.74) is 0.0407. The Labute approximate surface area is 113 Å². The topological polar surface area (TPSA) is 70.1 Å². The van der Waals surface area contributed by atoms with Crippen LogP contribution in [-0.4, -0.2) is 41.5 Å². The maximum Gasteiger partial charge on any atom is 0.191 e. The third kappa shape index (κ3) is 4.70. The lowest BCUT2D eigenvalue weighted by Gasteiger charge is -2.24. The van der Waals surface area contributed by atoms with Crippen molar-refractivity contribution in [3.63, 3.8) is 0 Å². The van der Waals surface area contributed by atoms with E-state index >= 15 is 0 Å². The van der Waals surface area contributed by atoms with Crippen LogP contribution in [0.3, 0.4) is 0 Å². The van der Waals surface area contributed by atoms with Crippen LogP contribution in [0.1, 0.15) is 20.3 Å². The molecule has 0 amide bonds. The van der Waals surface area contributed by atoms with Gasteiger partial charge in [0.25, 0.3) is 0 Å². The lowest BCUT2D eigenvalue weighted by atomic mass is 9.90. The Morgan fingerprint density at radius 2 is 2.00 bits per heavy atom. The van der Waals surface area contributed by atoms with E-state index in [0.29, 0.717) is 0 Å². The van der Waals surface area contributed by atoms with Gasteiger partial charge in [0.15, 0.2) is 5.16 Å². The van der Waals surface area contributed by atoms with E-state index in [2.05, 4.69) is 34.4 Å². The Bertz CT molecular complexity index is 362. The smallest absolute Gasteiger partial charge is 0.191 e. The standard InChI is InChI=1S/C12H22N4OS/c1-12(2,5-6-17)8-14-10-7-9(13-3)15-11(16-10)18-4/h7,17H,5-6,8H2,1-4H3,(H2,13,14,15,16). The number of nitrogens with zero attached hydrogens (tertiary/aromatic N) is 2. The third-order valence-electron chi connectivity index (χ3n) is 2.68. The molecule has 0 spiro atoms. The molecule has 3 N–H and O–H groups in total. The molecule has 18 heavy (non-hydrogen) atoms. The summed E-state index contributed by atoms with van der Waals surface area (Å²) in [6.07, 6.45) is 2.72. The van der Waals surface area contributed by atoms with Gasteiger partial charge in [-0.15, -0.1) is 0 Å². The molecule has 1 rings (SSSR count). The lowest BCUT2D eigenvalue weighted by molar-refractivity contribution is 0.220. The highest BCUT2D eigenvalue weighted by Gasteiger charge is 2.17. The zero-order valence-corrected chi connectivity index (χ0v) is 12.3. The summed E-state index contributed by atoms with van der Waals surface area (Å²) in [6, 6.07) is 1.88. The van der Waals surface area contributed by atoms with Crippen molar-refractivity contribution < 1.29 is 5.11 Å². The van der Waals surface area contributed by atoms with E-state index in [4.69, 9.17) is 5.11 Å². The minimum absolute atomic E-state index is 0.0407. The molecule has 0 aromatic carbocycles. The third-order valence-corrected chi connectivity index (χ3v) is 3.23. The van der Waals surface area contributed by atoms with Crippen molar-refractivity contribution in [1.82, 2.24) is 9.97 Å². The molecule has 0 atom stereocenters. The average molecular weight is 270 g/mol. The highest BCUT2D eigenvalue weighted by Crippen LogP contribution is 2.22. The molecule has 0 saturated heterocycles. The fraction of sp³-hybridized carbons (Fsp3) is 0.667.